The number of amides is 1. The van der Waals surface area contributed by atoms with E-state index in [9.17, 15) is 4.79 Å². The molecule has 0 aliphatic heterocycles. The highest BCUT2D eigenvalue weighted by Crippen LogP contribution is 2.41. The van der Waals surface area contributed by atoms with E-state index in [1.165, 1.54) is 19.3 Å². The Balaban J connectivity index is 2.23. The van der Waals surface area contributed by atoms with E-state index in [1.54, 1.807) is 0 Å². The second kappa shape index (κ2) is 5.16. The topological polar surface area (TPSA) is 52.9 Å². The Labute approximate surface area is 91.9 Å². The van der Waals surface area contributed by atoms with E-state index in [0.29, 0.717) is 12.8 Å². The first-order valence-electron chi connectivity index (χ1n) is 5.70. The number of carbonyl (C=O) groups is 1. The molecule has 0 aromatic carbocycles. The van der Waals surface area contributed by atoms with Gasteiger partial charge in [-0.25, -0.2) is 0 Å². The molecule has 0 aromatic rings. The van der Waals surface area contributed by atoms with Crippen LogP contribution in [0.25, 0.3) is 0 Å². The summed E-state index contributed by atoms with van der Waals surface area (Å²) in [5, 5.41) is 11.3. The Hall–Kier alpha value is -1.04. The molecule has 1 fully saturated rings. The number of hydrogen-bond donors (Lipinski definition) is 1. The molecule has 0 saturated heterocycles. The summed E-state index contributed by atoms with van der Waals surface area (Å²) in [5.41, 5.74) is 0.209. The molecule has 0 atom stereocenters. The standard InChI is InChI=1S/C12H20N2O/c1-12(2,10-5-3-6-10)9-14-11(15)7-4-8-13/h10H,3-7,9H2,1-2H3,(H,14,15). The van der Waals surface area contributed by atoms with Crippen molar-refractivity contribution in [3.63, 3.8) is 0 Å². The third-order valence-corrected chi connectivity index (χ3v) is 3.42. The maximum Gasteiger partial charge on any atom is 0.221 e. The van der Waals surface area contributed by atoms with Gasteiger partial charge >= 0.3 is 0 Å². The summed E-state index contributed by atoms with van der Waals surface area (Å²) in [7, 11) is 0. The minimum Gasteiger partial charge on any atom is -0.356 e. The summed E-state index contributed by atoms with van der Waals surface area (Å²) in [6.07, 6.45) is 4.56. The van der Waals surface area contributed by atoms with Gasteiger partial charge in [0.1, 0.15) is 0 Å². The van der Waals surface area contributed by atoms with E-state index in [4.69, 9.17) is 5.26 Å². The number of nitrogens with zero attached hydrogens (tertiary/aromatic N) is 1. The van der Waals surface area contributed by atoms with Crippen LogP contribution in [0, 0.1) is 22.7 Å². The van der Waals surface area contributed by atoms with Crippen LogP contribution >= 0.6 is 0 Å². The predicted octanol–water partition coefficient (Wildman–Crippen LogP) is 2.23. The molecule has 3 nitrogen and oxygen atoms in total. The summed E-state index contributed by atoms with van der Waals surface area (Å²) >= 11 is 0. The average molecular weight is 208 g/mol. The first-order chi connectivity index (χ1) is 7.06. The van der Waals surface area contributed by atoms with Gasteiger partial charge in [-0.1, -0.05) is 20.3 Å². The molecule has 1 aliphatic carbocycles. The van der Waals surface area contributed by atoms with Crippen LogP contribution in [-0.2, 0) is 4.79 Å². The molecule has 1 amide bonds. The van der Waals surface area contributed by atoms with E-state index < -0.39 is 0 Å². The maximum atomic E-state index is 11.3. The molecule has 1 saturated carbocycles. The molecule has 84 valence electrons. The zero-order valence-corrected chi connectivity index (χ0v) is 9.68. The van der Waals surface area contributed by atoms with Crippen LogP contribution < -0.4 is 5.32 Å². The molecule has 0 aromatic heterocycles. The van der Waals surface area contributed by atoms with Crippen molar-refractivity contribution in [1.82, 2.24) is 5.32 Å². The monoisotopic (exact) mass is 208 g/mol. The van der Waals surface area contributed by atoms with Gasteiger partial charge in [0, 0.05) is 19.4 Å². The maximum absolute atomic E-state index is 11.3. The molecule has 15 heavy (non-hydrogen) atoms. The fraction of sp³-hybridized carbons (Fsp3) is 0.833. The van der Waals surface area contributed by atoms with Crippen molar-refractivity contribution in [3.8, 4) is 6.07 Å². The van der Waals surface area contributed by atoms with E-state index in [-0.39, 0.29) is 11.3 Å². The van der Waals surface area contributed by atoms with Crippen LogP contribution in [0.3, 0.4) is 0 Å². The molecule has 0 radical (unpaired) electrons. The molecule has 1 rings (SSSR count). The van der Waals surface area contributed by atoms with Gasteiger partial charge in [-0.3, -0.25) is 4.79 Å². The summed E-state index contributed by atoms with van der Waals surface area (Å²) in [6, 6.07) is 1.98. The van der Waals surface area contributed by atoms with Crippen molar-refractivity contribution < 1.29 is 4.79 Å². The predicted molar refractivity (Wildman–Crippen MR) is 59.0 cm³/mol. The average Bonchev–Trinajstić information content (AvgIpc) is 2.08. The largest absolute Gasteiger partial charge is 0.356 e. The summed E-state index contributed by atoms with van der Waals surface area (Å²) < 4.78 is 0. The fourth-order valence-corrected chi connectivity index (χ4v) is 1.92. The number of nitriles is 1. The van der Waals surface area contributed by atoms with E-state index in [0.717, 1.165) is 12.5 Å². The van der Waals surface area contributed by atoms with Crippen molar-refractivity contribution in [1.29, 1.82) is 5.26 Å². The van der Waals surface area contributed by atoms with Gasteiger partial charge in [-0.15, -0.1) is 0 Å². The lowest BCUT2D eigenvalue weighted by atomic mass is 9.67. The van der Waals surface area contributed by atoms with Crippen molar-refractivity contribution >= 4 is 5.91 Å². The van der Waals surface area contributed by atoms with Crippen molar-refractivity contribution in [2.45, 2.75) is 46.0 Å². The third-order valence-electron chi connectivity index (χ3n) is 3.42. The molecule has 0 unspecified atom stereocenters. The van der Waals surface area contributed by atoms with Crippen LogP contribution in [0.1, 0.15) is 46.0 Å². The normalized spacial score (nSPS) is 16.6. The smallest absolute Gasteiger partial charge is 0.221 e. The van der Waals surface area contributed by atoms with Crippen molar-refractivity contribution in [2.75, 3.05) is 6.54 Å². The Morgan fingerprint density at radius 3 is 2.67 bits per heavy atom. The SMILES string of the molecule is CC(C)(CNC(=O)CCC#N)C1CCC1. The van der Waals surface area contributed by atoms with Gasteiger partial charge in [0.2, 0.25) is 5.91 Å². The zero-order valence-electron chi connectivity index (χ0n) is 9.68. The van der Waals surface area contributed by atoms with Gasteiger partial charge in [-0.2, -0.15) is 5.26 Å². The first-order valence-corrected chi connectivity index (χ1v) is 5.70. The first kappa shape index (κ1) is 12.0. The lowest BCUT2D eigenvalue weighted by molar-refractivity contribution is -0.121. The summed E-state index contributed by atoms with van der Waals surface area (Å²) in [6.45, 7) is 5.16. The molecule has 1 N–H and O–H groups in total. The van der Waals surface area contributed by atoms with Crippen LogP contribution in [0.5, 0.6) is 0 Å². The zero-order chi connectivity index (χ0) is 11.3. The minimum atomic E-state index is 0.00366. The second-order valence-corrected chi connectivity index (χ2v) is 5.05. The van der Waals surface area contributed by atoms with Gasteiger partial charge in [0.15, 0.2) is 0 Å². The van der Waals surface area contributed by atoms with Crippen LogP contribution in [-0.4, -0.2) is 12.5 Å². The van der Waals surface area contributed by atoms with Crippen molar-refractivity contribution in [2.24, 2.45) is 11.3 Å². The highest BCUT2D eigenvalue weighted by molar-refractivity contribution is 5.76. The second-order valence-electron chi connectivity index (χ2n) is 5.05. The Morgan fingerprint density at radius 2 is 2.20 bits per heavy atom. The molecule has 0 spiro atoms. The van der Waals surface area contributed by atoms with Gasteiger partial charge < -0.3 is 5.32 Å². The fourth-order valence-electron chi connectivity index (χ4n) is 1.92. The highest BCUT2D eigenvalue weighted by atomic mass is 16.1. The third kappa shape index (κ3) is 3.54. The van der Waals surface area contributed by atoms with Crippen LogP contribution in [0.15, 0.2) is 0 Å². The lowest BCUT2D eigenvalue weighted by Crippen LogP contribution is -2.40. The number of rotatable bonds is 5. The molecule has 0 heterocycles. The Kier molecular flexibility index (Phi) is 4.14. The van der Waals surface area contributed by atoms with Gasteiger partial charge in [0.25, 0.3) is 0 Å². The highest BCUT2D eigenvalue weighted by Gasteiger charge is 2.33. The molecule has 3 heteroatoms. The minimum absolute atomic E-state index is 0.00366. The van der Waals surface area contributed by atoms with E-state index >= 15 is 0 Å². The number of hydrogen-bond acceptors (Lipinski definition) is 2. The number of carbonyl (C=O) groups excluding carboxylic acids is 1. The van der Waals surface area contributed by atoms with Gasteiger partial charge in [0.05, 0.1) is 6.07 Å². The van der Waals surface area contributed by atoms with E-state index in [1.807, 2.05) is 6.07 Å². The molecule has 1 aliphatic rings. The lowest BCUT2D eigenvalue weighted by Gasteiger charge is -2.40. The van der Waals surface area contributed by atoms with Crippen LogP contribution in [0.4, 0.5) is 0 Å². The van der Waals surface area contributed by atoms with E-state index in [2.05, 4.69) is 19.2 Å². The summed E-state index contributed by atoms with van der Waals surface area (Å²) in [4.78, 5) is 11.3. The molecule has 0 bridgehead atoms. The Morgan fingerprint density at radius 1 is 1.53 bits per heavy atom. The Bertz CT molecular complexity index is 261. The molecular weight excluding hydrogens is 188 g/mol. The summed E-state index contributed by atoms with van der Waals surface area (Å²) in [5.74, 6) is 0.762. The van der Waals surface area contributed by atoms with Gasteiger partial charge in [-0.05, 0) is 24.2 Å². The van der Waals surface area contributed by atoms with Crippen molar-refractivity contribution in [3.05, 3.63) is 0 Å². The number of nitrogens with one attached hydrogen (secondary N) is 1. The van der Waals surface area contributed by atoms with Crippen LogP contribution in [0.2, 0.25) is 0 Å². The quantitative estimate of drug-likeness (QED) is 0.753. The molecular formula is C12H20N2O.